The van der Waals surface area contributed by atoms with Gasteiger partial charge in [0.25, 0.3) is 0 Å². The van der Waals surface area contributed by atoms with Gasteiger partial charge in [0.2, 0.25) is 11.8 Å². The van der Waals surface area contributed by atoms with Crippen LogP contribution in [0.25, 0.3) is 0 Å². The van der Waals surface area contributed by atoms with Crippen LogP contribution in [0, 0.1) is 23.2 Å². The Labute approximate surface area is 178 Å². The van der Waals surface area contributed by atoms with Gasteiger partial charge in [0, 0.05) is 5.92 Å². The normalized spacial score (nSPS) is 27.3. The van der Waals surface area contributed by atoms with Crippen LogP contribution < -0.4 is 4.90 Å². The van der Waals surface area contributed by atoms with Crippen LogP contribution in [-0.2, 0) is 19.8 Å². The molecule has 0 aromatic heterocycles. The minimum absolute atomic E-state index is 0.279. The monoisotopic (exact) mass is 404 g/mol. The van der Waals surface area contributed by atoms with Gasteiger partial charge in [-0.05, 0) is 46.5 Å². The second-order valence-corrected chi connectivity index (χ2v) is 8.31. The van der Waals surface area contributed by atoms with Crippen molar-refractivity contribution >= 4 is 23.8 Å². The quantitative estimate of drug-likeness (QED) is 0.485. The Bertz CT molecular complexity index is 1290. The molecule has 7 rings (SSSR count). The first-order valence-electron chi connectivity index (χ1n) is 10.2. The molecule has 4 aliphatic rings. The smallest absolute Gasteiger partial charge is 0.239 e. The number of amides is 2. The van der Waals surface area contributed by atoms with Crippen LogP contribution in [0.1, 0.15) is 33.7 Å². The second kappa shape index (κ2) is 5.99. The van der Waals surface area contributed by atoms with Crippen LogP contribution in [-0.4, -0.2) is 18.1 Å². The summed E-state index contributed by atoms with van der Waals surface area (Å²) in [5.41, 5.74) is 3.20. The number of aldehydes is 1. The van der Waals surface area contributed by atoms with Gasteiger partial charge in [0.15, 0.2) is 0 Å². The molecule has 31 heavy (non-hydrogen) atoms. The summed E-state index contributed by atoms with van der Waals surface area (Å²) in [4.78, 5) is 41.5. The zero-order valence-electron chi connectivity index (χ0n) is 16.4. The predicted molar refractivity (Wildman–Crippen MR) is 112 cm³/mol. The molecule has 0 saturated carbocycles. The van der Waals surface area contributed by atoms with Gasteiger partial charge in [-0.25, -0.2) is 4.90 Å². The van der Waals surface area contributed by atoms with Crippen molar-refractivity contribution in [2.75, 3.05) is 4.90 Å². The van der Waals surface area contributed by atoms with Crippen molar-refractivity contribution in [3.05, 3.63) is 101 Å². The predicted octanol–water partition coefficient (Wildman–Crippen LogP) is 3.31. The molecule has 0 radical (unpaired) electrons. The SMILES string of the molecule is N#Cc1ccc(N2C(=O)[C@@H]3C4c5ccccc5C(C=O)(c5ccccc54)[C@H]3C2=O)cc1. The summed E-state index contributed by atoms with van der Waals surface area (Å²) >= 11 is 0. The van der Waals surface area contributed by atoms with E-state index in [1.54, 1.807) is 24.3 Å². The molecular formula is C26H16N2O3. The van der Waals surface area contributed by atoms with Crippen molar-refractivity contribution in [3.63, 3.8) is 0 Å². The topological polar surface area (TPSA) is 78.2 Å². The van der Waals surface area contributed by atoms with Gasteiger partial charge >= 0.3 is 0 Å². The molecule has 1 heterocycles. The highest BCUT2D eigenvalue weighted by atomic mass is 16.2. The summed E-state index contributed by atoms with van der Waals surface area (Å²) in [6, 6.07) is 23.8. The summed E-state index contributed by atoms with van der Waals surface area (Å²) in [6.45, 7) is 0. The van der Waals surface area contributed by atoms with Crippen LogP contribution in [0.2, 0.25) is 0 Å². The van der Waals surface area contributed by atoms with E-state index >= 15 is 0 Å². The Morgan fingerprint density at radius 2 is 1.42 bits per heavy atom. The molecule has 5 heteroatoms. The molecule has 3 aromatic rings. The third-order valence-electron chi connectivity index (χ3n) is 7.12. The first kappa shape index (κ1) is 17.8. The van der Waals surface area contributed by atoms with Gasteiger partial charge in [-0.2, -0.15) is 5.26 Å². The van der Waals surface area contributed by atoms with Gasteiger partial charge < -0.3 is 4.79 Å². The Balaban J connectivity index is 1.62. The van der Waals surface area contributed by atoms with E-state index < -0.39 is 17.3 Å². The molecule has 0 N–H and O–H groups in total. The van der Waals surface area contributed by atoms with Crippen LogP contribution in [0.5, 0.6) is 0 Å². The lowest BCUT2D eigenvalue weighted by Gasteiger charge is -2.51. The highest BCUT2D eigenvalue weighted by molar-refractivity contribution is 6.24. The van der Waals surface area contributed by atoms with Crippen molar-refractivity contribution < 1.29 is 14.4 Å². The van der Waals surface area contributed by atoms with Gasteiger partial charge in [-0.1, -0.05) is 48.5 Å². The average Bonchev–Trinajstić information content (AvgIpc) is 3.10. The van der Waals surface area contributed by atoms with Crippen molar-refractivity contribution in [2.45, 2.75) is 11.3 Å². The summed E-state index contributed by atoms with van der Waals surface area (Å²) in [5, 5.41) is 9.07. The number of imide groups is 1. The van der Waals surface area contributed by atoms with Crippen LogP contribution in [0.3, 0.4) is 0 Å². The Morgan fingerprint density at radius 1 is 0.839 bits per heavy atom. The highest BCUT2D eigenvalue weighted by Gasteiger charge is 2.68. The van der Waals surface area contributed by atoms with Gasteiger partial charge in [-0.3, -0.25) is 9.59 Å². The molecule has 2 bridgehead atoms. The minimum Gasteiger partial charge on any atom is -0.302 e. The lowest BCUT2D eigenvalue weighted by atomic mass is 9.48. The van der Waals surface area contributed by atoms with Crippen molar-refractivity contribution in [1.82, 2.24) is 0 Å². The number of rotatable bonds is 2. The van der Waals surface area contributed by atoms with Gasteiger partial charge in [-0.15, -0.1) is 0 Å². The van der Waals surface area contributed by atoms with E-state index in [2.05, 4.69) is 0 Å². The van der Waals surface area contributed by atoms with E-state index in [9.17, 15) is 14.4 Å². The fourth-order valence-corrected chi connectivity index (χ4v) is 5.97. The zero-order valence-corrected chi connectivity index (χ0v) is 16.4. The van der Waals surface area contributed by atoms with Crippen LogP contribution in [0.4, 0.5) is 5.69 Å². The molecule has 1 fully saturated rings. The Hall–Kier alpha value is -4.04. The maximum absolute atomic E-state index is 13.8. The lowest BCUT2D eigenvalue weighted by Crippen LogP contribution is -2.54. The zero-order chi connectivity index (χ0) is 21.3. The minimum atomic E-state index is -1.19. The van der Waals surface area contributed by atoms with Crippen LogP contribution in [0.15, 0.2) is 72.8 Å². The van der Waals surface area contributed by atoms with Crippen molar-refractivity contribution in [3.8, 4) is 6.07 Å². The molecule has 0 spiro atoms. The van der Waals surface area contributed by atoms with E-state index in [4.69, 9.17) is 5.26 Å². The Morgan fingerprint density at radius 3 is 1.97 bits per heavy atom. The molecule has 2 atom stereocenters. The highest BCUT2D eigenvalue weighted by Crippen LogP contribution is 2.63. The lowest BCUT2D eigenvalue weighted by molar-refractivity contribution is -0.128. The van der Waals surface area contributed by atoms with Crippen molar-refractivity contribution in [2.24, 2.45) is 11.8 Å². The number of benzene rings is 3. The van der Waals surface area contributed by atoms with E-state index in [1.807, 2.05) is 54.6 Å². The molecule has 1 aliphatic heterocycles. The van der Waals surface area contributed by atoms with E-state index in [0.29, 0.717) is 11.3 Å². The molecule has 5 nitrogen and oxygen atoms in total. The summed E-state index contributed by atoms with van der Waals surface area (Å²) in [7, 11) is 0. The van der Waals surface area contributed by atoms with Crippen molar-refractivity contribution in [1.29, 1.82) is 5.26 Å². The van der Waals surface area contributed by atoms with E-state index in [-0.39, 0.29) is 17.7 Å². The maximum atomic E-state index is 13.8. The molecular weight excluding hydrogens is 388 g/mol. The first-order chi connectivity index (χ1) is 15.1. The van der Waals surface area contributed by atoms with E-state index in [0.717, 1.165) is 28.5 Å². The number of anilines is 1. The van der Waals surface area contributed by atoms with E-state index in [1.165, 1.54) is 4.90 Å². The third kappa shape index (κ3) is 1.97. The standard InChI is InChI=1S/C26H16N2O3/c27-13-15-9-11-16(12-10-15)28-24(30)22-21-17-5-1-3-7-19(17)26(14-29,23(22)25(28)31)20-8-4-2-6-18(20)21/h1-12,14,21-23H/t21?,22-,23-,26?/m1/s1. The summed E-state index contributed by atoms with van der Waals surface area (Å²) < 4.78 is 0. The Kier molecular flexibility index (Phi) is 3.44. The molecule has 1 saturated heterocycles. The molecule has 3 aromatic carbocycles. The van der Waals surface area contributed by atoms with Gasteiger partial charge in [0.1, 0.15) is 6.29 Å². The summed E-state index contributed by atoms with van der Waals surface area (Å²) in [6.07, 6.45) is 0.866. The number of carbonyl (C=O) groups is 3. The third-order valence-corrected chi connectivity index (χ3v) is 7.12. The largest absolute Gasteiger partial charge is 0.302 e. The number of hydrogen-bond acceptors (Lipinski definition) is 4. The molecule has 2 amide bonds. The fourth-order valence-electron chi connectivity index (χ4n) is 5.97. The first-order valence-corrected chi connectivity index (χ1v) is 10.2. The number of hydrogen-bond donors (Lipinski definition) is 0. The summed E-state index contributed by atoms with van der Waals surface area (Å²) in [5.74, 6) is -2.36. The van der Waals surface area contributed by atoms with Crippen LogP contribution >= 0.6 is 0 Å². The molecule has 3 aliphatic carbocycles. The van der Waals surface area contributed by atoms with Gasteiger partial charge in [0.05, 0.1) is 34.6 Å². The second-order valence-electron chi connectivity index (χ2n) is 8.31. The maximum Gasteiger partial charge on any atom is 0.239 e. The average molecular weight is 404 g/mol. The fraction of sp³-hybridized carbons (Fsp3) is 0.154. The number of nitrogens with zero attached hydrogens (tertiary/aromatic N) is 2. The number of carbonyl (C=O) groups excluding carboxylic acids is 3. The molecule has 0 unspecified atom stereocenters. The molecule has 148 valence electrons. The number of nitriles is 1.